The molecule has 2 aromatic carbocycles. The molecule has 0 spiro atoms. The van der Waals surface area contributed by atoms with Crippen LogP contribution in [0.25, 0.3) is 0 Å². The van der Waals surface area contributed by atoms with Crippen LogP contribution in [0.4, 0.5) is 17.1 Å². The number of rotatable bonds is 9. The fourth-order valence-corrected chi connectivity index (χ4v) is 4.12. The molecule has 0 amide bonds. The van der Waals surface area contributed by atoms with Crippen LogP contribution in [0.2, 0.25) is 0 Å². The Balaban J connectivity index is 2.16. The molecule has 3 N–H and O–H groups in total. The minimum Gasteiger partial charge on any atom is -0.378 e. The summed E-state index contributed by atoms with van der Waals surface area (Å²) in [5.74, 6) is 0.696. The number of primary sulfonamides is 1. The van der Waals surface area contributed by atoms with Crippen LogP contribution < -0.4 is 15.4 Å². The Hall–Kier alpha value is -2.30. The molecule has 8 nitrogen and oxygen atoms in total. The number of nitrogens with one attached hydrogen (secondary N) is 1. The van der Waals surface area contributed by atoms with Crippen LogP contribution in [0, 0.1) is 10.1 Å². The molecule has 0 aliphatic heterocycles. The van der Waals surface area contributed by atoms with Gasteiger partial charge in [-0.2, -0.15) is 0 Å². The lowest BCUT2D eigenvalue weighted by atomic mass is 10.2. The number of anilines is 2. The summed E-state index contributed by atoms with van der Waals surface area (Å²) in [5.41, 5.74) is 1.05. The summed E-state index contributed by atoms with van der Waals surface area (Å²) in [4.78, 5) is 13.6. The maximum Gasteiger partial charge on any atom is 0.293 e. The number of nitrogens with zero attached hydrogens (tertiary/aromatic N) is 2. The second kappa shape index (κ2) is 9.26. The number of nitro groups is 1. The highest BCUT2D eigenvalue weighted by Gasteiger charge is 2.21. The van der Waals surface area contributed by atoms with Gasteiger partial charge in [-0.05, 0) is 36.8 Å². The van der Waals surface area contributed by atoms with E-state index >= 15 is 0 Å². The molecule has 0 aliphatic rings. The summed E-state index contributed by atoms with van der Waals surface area (Å²) < 4.78 is 22.9. The Morgan fingerprint density at radius 2 is 1.96 bits per heavy atom. The van der Waals surface area contributed by atoms with E-state index in [1.54, 1.807) is 11.8 Å². The number of benzene rings is 2. The fraction of sp³-hybridized carbons (Fsp3) is 0.333. The van der Waals surface area contributed by atoms with Crippen molar-refractivity contribution >= 4 is 38.8 Å². The zero-order valence-corrected chi connectivity index (χ0v) is 17.6. The largest absolute Gasteiger partial charge is 0.378 e. The Labute approximate surface area is 169 Å². The SMILES string of the molecule is CC[C@H](CSc1cccc(N(C)C)c1)Nc1ccc(S(N)(=O)=O)cc1[N+](=O)[O-]. The van der Waals surface area contributed by atoms with Crippen molar-refractivity contribution < 1.29 is 13.3 Å². The van der Waals surface area contributed by atoms with E-state index in [-0.39, 0.29) is 22.3 Å². The summed E-state index contributed by atoms with van der Waals surface area (Å²) in [6, 6.07) is 11.7. The molecule has 10 heteroatoms. The van der Waals surface area contributed by atoms with Crippen LogP contribution in [-0.2, 0) is 10.0 Å². The highest BCUT2D eigenvalue weighted by molar-refractivity contribution is 7.99. The van der Waals surface area contributed by atoms with Gasteiger partial charge in [0, 0.05) is 42.5 Å². The van der Waals surface area contributed by atoms with Gasteiger partial charge in [0.2, 0.25) is 10.0 Å². The molecule has 0 aromatic heterocycles. The number of sulfonamides is 1. The van der Waals surface area contributed by atoms with Gasteiger partial charge in [-0.3, -0.25) is 10.1 Å². The van der Waals surface area contributed by atoms with Crippen molar-refractivity contribution in [3.63, 3.8) is 0 Å². The first kappa shape index (κ1) is 22.0. The number of hydrogen-bond acceptors (Lipinski definition) is 7. The van der Waals surface area contributed by atoms with E-state index in [2.05, 4.69) is 11.4 Å². The third-order valence-corrected chi connectivity index (χ3v) is 6.20. The molecule has 0 saturated heterocycles. The minimum atomic E-state index is -4.01. The smallest absolute Gasteiger partial charge is 0.293 e. The summed E-state index contributed by atoms with van der Waals surface area (Å²) in [5, 5.41) is 19.6. The van der Waals surface area contributed by atoms with Crippen LogP contribution in [-0.4, -0.2) is 39.2 Å². The second-order valence-electron chi connectivity index (χ2n) is 6.43. The number of nitrogens with two attached hydrogens (primary N) is 1. The van der Waals surface area contributed by atoms with Crippen LogP contribution in [0.3, 0.4) is 0 Å². The van der Waals surface area contributed by atoms with E-state index in [1.165, 1.54) is 12.1 Å². The van der Waals surface area contributed by atoms with E-state index in [4.69, 9.17) is 5.14 Å². The van der Waals surface area contributed by atoms with Gasteiger partial charge in [0.15, 0.2) is 0 Å². The fourth-order valence-electron chi connectivity index (χ4n) is 2.49. The second-order valence-corrected chi connectivity index (χ2v) is 9.09. The first-order valence-corrected chi connectivity index (χ1v) is 11.1. The third-order valence-electron chi connectivity index (χ3n) is 4.13. The van der Waals surface area contributed by atoms with Crippen molar-refractivity contribution in [2.45, 2.75) is 29.2 Å². The van der Waals surface area contributed by atoms with Crippen LogP contribution >= 0.6 is 11.8 Å². The first-order chi connectivity index (χ1) is 13.1. The van der Waals surface area contributed by atoms with E-state index in [9.17, 15) is 18.5 Å². The van der Waals surface area contributed by atoms with E-state index < -0.39 is 14.9 Å². The first-order valence-electron chi connectivity index (χ1n) is 8.59. The number of thioether (sulfide) groups is 1. The minimum absolute atomic E-state index is 0.0351. The lowest BCUT2D eigenvalue weighted by Crippen LogP contribution is -2.22. The summed E-state index contributed by atoms with van der Waals surface area (Å²) >= 11 is 1.65. The number of nitro benzene ring substituents is 1. The molecule has 1 atom stereocenters. The molecule has 2 aromatic rings. The van der Waals surface area contributed by atoms with Gasteiger partial charge in [-0.25, -0.2) is 13.6 Å². The highest BCUT2D eigenvalue weighted by atomic mass is 32.2. The molecule has 0 bridgehead atoms. The Morgan fingerprint density at radius 1 is 1.25 bits per heavy atom. The van der Waals surface area contributed by atoms with Gasteiger partial charge in [0.05, 0.1) is 9.82 Å². The molecule has 152 valence electrons. The summed E-state index contributed by atoms with van der Waals surface area (Å²) in [6.45, 7) is 1.99. The van der Waals surface area contributed by atoms with Gasteiger partial charge in [-0.1, -0.05) is 13.0 Å². The lowest BCUT2D eigenvalue weighted by molar-refractivity contribution is -0.384. The molecular weight excluding hydrogens is 400 g/mol. The molecule has 0 aliphatic carbocycles. The van der Waals surface area contributed by atoms with Gasteiger partial charge in [0.1, 0.15) is 5.69 Å². The van der Waals surface area contributed by atoms with Crippen LogP contribution in [0.15, 0.2) is 52.3 Å². The number of hydrogen-bond donors (Lipinski definition) is 2. The highest BCUT2D eigenvalue weighted by Crippen LogP contribution is 2.30. The topological polar surface area (TPSA) is 119 Å². The zero-order chi connectivity index (χ0) is 20.9. The maximum absolute atomic E-state index is 11.5. The van der Waals surface area contributed by atoms with E-state index in [1.807, 2.05) is 44.1 Å². The predicted molar refractivity (Wildman–Crippen MR) is 114 cm³/mol. The van der Waals surface area contributed by atoms with Gasteiger partial charge in [0.25, 0.3) is 5.69 Å². The quantitative estimate of drug-likeness (QED) is 0.360. The normalized spacial score (nSPS) is 12.4. The molecule has 2 rings (SSSR count). The van der Waals surface area contributed by atoms with Crippen molar-refractivity contribution in [3.05, 3.63) is 52.6 Å². The standard InChI is InChI=1S/C18H24N4O4S2/c1-4-13(12-27-15-7-5-6-14(10-15)21(2)3)20-17-9-8-16(28(19,25)26)11-18(17)22(23)24/h5-11,13,20H,4,12H2,1-3H3,(H2,19,25,26)/t13-/m1/s1. The molecule has 0 saturated carbocycles. The lowest BCUT2D eigenvalue weighted by Gasteiger charge is -2.19. The van der Waals surface area contributed by atoms with Crippen molar-refractivity contribution in [2.24, 2.45) is 5.14 Å². The molecule has 0 unspecified atom stereocenters. The Kier molecular flexibility index (Phi) is 7.28. The Morgan fingerprint density at radius 3 is 2.54 bits per heavy atom. The summed E-state index contributed by atoms with van der Waals surface area (Å²) in [6.07, 6.45) is 0.745. The van der Waals surface area contributed by atoms with Crippen molar-refractivity contribution in [2.75, 3.05) is 30.1 Å². The maximum atomic E-state index is 11.5. The van der Waals surface area contributed by atoms with Gasteiger partial charge >= 0.3 is 0 Å². The average molecular weight is 425 g/mol. The average Bonchev–Trinajstić information content (AvgIpc) is 2.64. The molecular formula is C18H24N4O4S2. The molecule has 28 heavy (non-hydrogen) atoms. The van der Waals surface area contributed by atoms with Gasteiger partial charge < -0.3 is 10.2 Å². The Bertz CT molecular complexity index is 948. The molecule has 0 radical (unpaired) electrons. The molecule has 0 heterocycles. The van der Waals surface area contributed by atoms with Crippen molar-refractivity contribution in [1.29, 1.82) is 0 Å². The predicted octanol–water partition coefficient (Wildman–Crippen LogP) is 3.29. The van der Waals surface area contributed by atoms with E-state index in [0.29, 0.717) is 5.75 Å². The van der Waals surface area contributed by atoms with Gasteiger partial charge in [-0.15, -0.1) is 11.8 Å². The zero-order valence-electron chi connectivity index (χ0n) is 16.0. The molecule has 0 fully saturated rings. The third kappa shape index (κ3) is 5.85. The summed E-state index contributed by atoms with van der Waals surface area (Å²) in [7, 11) is -0.0540. The monoisotopic (exact) mass is 424 g/mol. The van der Waals surface area contributed by atoms with E-state index in [0.717, 1.165) is 23.1 Å². The van der Waals surface area contributed by atoms with Crippen LogP contribution in [0.1, 0.15) is 13.3 Å². The van der Waals surface area contributed by atoms with Crippen molar-refractivity contribution in [3.8, 4) is 0 Å². The van der Waals surface area contributed by atoms with Crippen molar-refractivity contribution in [1.82, 2.24) is 0 Å². The van der Waals surface area contributed by atoms with Crippen LogP contribution in [0.5, 0.6) is 0 Å².